The number of dihydropyridines is 1. The summed E-state index contributed by atoms with van der Waals surface area (Å²) in [4.78, 5) is 5.15. The van der Waals surface area contributed by atoms with Gasteiger partial charge in [0.25, 0.3) is 0 Å². The standard InChI is InChI=1S/C45H34N4O/c1-3-12-30(13-4-1)42-47-43(31-14-5-2-6-15-31)49-44(48-42)32-23-21-29(22-24-32)33-25-26-34-35-16-11-27-46-41(35)45(38(34)28-33)36-17-7-9-19-39(36)50-40-20-10-8-18-37(40)45/h1-26,28,42,44,46,48H,27H2,(H,47,49). The molecular weight excluding hydrogens is 613 g/mol. The number of nitrogens with zero attached hydrogens (tertiary/aromatic N) is 1. The molecule has 50 heavy (non-hydrogen) atoms. The summed E-state index contributed by atoms with van der Waals surface area (Å²) >= 11 is 0. The number of amidine groups is 1. The molecule has 0 saturated heterocycles. The van der Waals surface area contributed by atoms with Gasteiger partial charge < -0.3 is 15.4 Å². The van der Waals surface area contributed by atoms with Crippen LogP contribution in [0.3, 0.4) is 0 Å². The number of ether oxygens (including phenoxy) is 1. The van der Waals surface area contributed by atoms with Gasteiger partial charge in [0.2, 0.25) is 0 Å². The normalized spacial score (nSPS) is 19.2. The number of para-hydroxylation sites is 2. The molecule has 6 aromatic rings. The molecule has 240 valence electrons. The third-order valence-electron chi connectivity index (χ3n) is 10.4. The molecule has 2 atom stereocenters. The van der Waals surface area contributed by atoms with Gasteiger partial charge >= 0.3 is 0 Å². The van der Waals surface area contributed by atoms with Crippen LogP contribution in [-0.4, -0.2) is 12.4 Å². The van der Waals surface area contributed by atoms with Gasteiger partial charge in [0.1, 0.15) is 29.7 Å². The van der Waals surface area contributed by atoms with E-state index in [0.717, 1.165) is 51.7 Å². The van der Waals surface area contributed by atoms with Crippen LogP contribution < -0.4 is 20.7 Å². The zero-order valence-electron chi connectivity index (χ0n) is 27.3. The van der Waals surface area contributed by atoms with Gasteiger partial charge in [0.05, 0.1) is 5.41 Å². The lowest BCUT2D eigenvalue weighted by Gasteiger charge is -2.41. The molecule has 10 rings (SSSR count). The maximum absolute atomic E-state index is 6.53. The third kappa shape index (κ3) is 4.40. The fourth-order valence-corrected chi connectivity index (χ4v) is 8.18. The highest BCUT2D eigenvalue weighted by Crippen LogP contribution is 2.61. The number of hydrogen-bond donors (Lipinski definition) is 3. The van der Waals surface area contributed by atoms with Gasteiger partial charge in [0.15, 0.2) is 0 Å². The zero-order chi connectivity index (χ0) is 33.1. The Morgan fingerprint density at radius 3 is 2.00 bits per heavy atom. The molecule has 1 spiro atoms. The molecule has 3 heterocycles. The van der Waals surface area contributed by atoms with Crippen molar-refractivity contribution in [3.05, 3.63) is 208 Å². The van der Waals surface area contributed by atoms with Crippen LogP contribution in [0.5, 0.6) is 11.5 Å². The van der Waals surface area contributed by atoms with Crippen molar-refractivity contribution in [2.24, 2.45) is 4.99 Å². The van der Waals surface area contributed by atoms with Gasteiger partial charge in [-0.2, -0.15) is 0 Å². The number of allylic oxidation sites excluding steroid dienone is 3. The maximum Gasteiger partial charge on any atom is 0.132 e. The van der Waals surface area contributed by atoms with Gasteiger partial charge in [-0.1, -0.05) is 146 Å². The SMILES string of the molecule is C1=CC2=C(NC1)C1(c3ccccc3Oc3ccccc31)c1cc(-c3ccc(C4N=C(c5ccccc5)NC(c5ccccc5)N4)cc3)ccc12. The molecular formula is C45H34N4O. The van der Waals surface area contributed by atoms with Gasteiger partial charge in [-0.05, 0) is 51.6 Å². The monoisotopic (exact) mass is 646 g/mol. The van der Waals surface area contributed by atoms with Crippen molar-refractivity contribution in [2.75, 3.05) is 6.54 Å². The molecule has 5 heteroatoms. The second-order valence-electron chi connectivity index (χ2n) is 13.2. The number of nitrogens with one attached hydrogen (secondary N) is 3. The van der Waals surface area contributed by atoms with Crippen molar-refractivity contribution in [1.82, 2.24) is 16.0 Å². The second kappa shape index (κ2) is 11.5. The molecule has 6 aromatic carbocycles. The summed E-state index contributed by atoms with van der Waals surface area (Å²) in [6.45, 7) is 0.790. The van der Waals surface area contributed by atoms with Crippen molar-refractivity contribution in [3.63, 3.8) is 0 Å². The van der Waals surface area contributed by atoms with Crippen LogP contribution in [0, 0.1) is 0 Å². The number of rotatable bonds is 4. The topological polar surface area (TPSA) is 57.7 Å². The van der Waals surface area contributed by atoms with Crippen molar-refractivity contribution >= 4 is 11.4 Å². The van der Waals surface area contributed by atoms with Crippen LogP contribution in [0.4, 0.5) is 0 Å². The quantitative estimate of drug-likeness (QED) is 0.179. The molecule has 4 aliphatic rings. The Balaban J connectivity index is 1.06. The number of benzene rings is 6. The fraction of sp³-hybridized carbons (Fsp3) is 0.0889. The van der Waals surface area contributed by atoms with E-state index < -0.39 is 5.41 Å². The first-order valence-electron chi connectivity index (χ1n) is 17.3. The molecule has 0 saturated carbocycles. The average molecular weight is 647 g/mol. The summed E-state index contributed by atoms with van der Waals surface area (Å²) < 4.78 is 6.53. The predicted octanol–water partition coefficient (Wildman–Crippen LogP) is 9.01. The minimum atomic E-state index is -0.509. The van der Waals surface area contributed by atoms with E-state index in [1.54, 1.807) is 0 Å². The van der Waals surface area contributed by atoms with E-state index in [0.29, 0.717) is 0 Å². The summed E-state index contributed by atoms with van der Waals surface area (Å²) in [5.41, 5.74) is 12.5. The Morgan fingerprint density at radius 2 is 1.26 bits per heavy atom. The minimum Gasteiger partial charge on any atom is -0.457 e. The lowest BCUT2D eigenvalue weighted by atomic mass is 9.67. The minimum absolute atomic E-state index is 0.0760. The van der Waals surface area contributed by atoms with E-state index in [2.05, 4.69) is 168 Å². The lowest BCUT2D eigenvalue weighted by Crippen LogP contribution is -2.44. The predicted molar refractivity (Wildman–Crippen MR) is 200 cm³/mol. The van der Waals surface area contributed by atoms with E-state index >= 15 is 0 Å². The number of hydrogen-bond acceptors (Lipinski definition) is 5. The smallest absolute Gasteiger partial charge is 0.132 e. The molecule has 0 amide bonds. The Hall–Kier alpha value is -6.17. The first-order chi connectivity index (χ1) is 24.8. The van der Waals surface area contributed by atoms with Crippen molar-refractivity contribution < 1.29 is 4.74 Å². The largest absolute Gasteiger partial charge is 0.457 e. The van der Waals surface area contributed by atoms with E-state index in [-0.39, 0.29) is 12.3 Å². The third-order valence-corrected chi connectivity index (χ3v) is 10.4. The van der Waals surface area contributed by atoms with Crippen LogP contribution in [0.1, 0.15) is 51.3 Å². The second-order valence-corrected chi connectivity index (χ2v) is 13.2. The summed E-state index contributed by atoms with van der Waals surface area (Å²) in [5, 5.41) is 11.2. The Labute approximate surface area is 291 Å². The van der Waals surface area contributed by atoms with E-state index in [1.807, 2.05) is 12.1 Å². The first-order valence-corrected chi connectivity index (χ1v) is 17.3. The molecule has 5 nitrogen and oxygen atoms in total. The van der Waals surface area contributed by atoms with Crippen LogP contribution >= 0.6 is 0 Å². The molecule has 3 aliphatic heterocycles. The average Bonchev–Trinajstić information content (AvgIpc) is 3.48. The molecule has 2 unspecified atom stereocenters. The summed E-state index contributed by atoms with van der Waals surface area (Å²) in [7, 11) is 0. The van der Waals surface area contributed by atoms with Crippen LogP contribution in [0.2, 0.25) is 0 Å². The van der Waals surface area contributed by atoms with Gasteiger partial charge in [-0.15, -0.1) is 0 Å². The van der Waals surface area contributed by atoms with E-state index in [9.17, 15) is 0 Å². The summed E-state index contributed by atoms with van der Waals surface area (Å²) in [5.74, 6) is 2.68. The highest BCUT2D eigenvalue weighted by atomic mass is 16.5. The fourth-order valence-electron chi connectivity index (χ4n) is 8.18. The van der Waals surface area contributed by atoms with Crippen molar-refractivity contribution in [3.8, 4) is 22.6 Å². The van der Waals surface area contributed by atoms with Gasteiger partial charge in [-0.25, -0.2) is 4.99 Å². The molecule has 0 bridgehead atoms. The molecule has 0 radical (unpaired) electrons. The van der Waals surface area contributed by atoms with Crippen molar-refractivity contribution in [1.29, 1.82) is 0 Å². The molecule has 1 aliphatic carbocycles. The summed E-state index contributed by atoms with van der Waals surface area (Å²) in [6, 6.07) is 53.7. The lowest BCUT2D eigenvalue weighted by molar-refractivity contribution is 0.409. The highest BCUT2D eigenvalue weighted by Gasteiger charge is 2.52. The van der Waals surface area contributed by atoms with Crippen LogP contribution in [-0.2, 0) is 5.41 Å². The molecule has 3 N–H and O–H groups in total. The Bertz CT molecular complexity index is 2310. The number of aliphatic imine (C=N–C) groups is 1. The first kappa shape index (κ1) is 28.8. The molecule has 0 fully saturated rings. The Morgan fingerprint density at radius 1 is 0.600 bits per heavy atom. The summed E-state index contributed by atoms with van der Waals surface area (Å²) in [6.07, 6.45) is 4.22. The molecule has 0 aromatic heterocycles. The van der Waals surface area contributed by atoms with Crippen LogP contribution in [0.25, 0.3) is 16.7 Å². The zero-order valence-corrected chi connectivity index (χ0v) is 27.3. The van der Waals surface area contributed by atoms with E-state index in [1.165, 1.54) is 33.5 Å². The van der Waals surface area contributed by atoms with E-state index in [4.69, 9.17) is 9.73 Å². The van der Waals surface area contributed by atoms with Crippen molar-refractivity contribution in [2.45, 2.75) is 17.7 Å². The van der Waals surface area contributed by atoms with Crippen LogP contribution in [0.15, 0.2) is 175 Å². The highest BCUT2D eigenvalue weighted by molar-refractivity contribution is 5.99. The Kier molecular flexibility index (Phi) is 6.61. The van der Waals surface area contributed by atoms with Gasteiger partial charge in [0, 0.05) is 34.5 Å². The maximum atomic E-state index is 6.53. The number of fused-ring (bicyclic) bond motifs is 8. The van der Waals surface area contributed by atoms with Gasteiger partial charge in [-0.3, -0.25) is 5.32 Å².